The molecule has 0 atom stereocenters. The van der Waals surface area contributed by atoms with Gasteiger partial charge < -0.3 is 9.73 Å². The summed E-state index contributed by atoms with van der Waals surface area (Å²) in [6.07, 6.45) is 3.34. The topological polar surface area (TPSA) is 119 Å². The molecule has 1 amide bonds. The Morgan fingerprint density at radius 1 is 1.23 bits per heavy atom. The third-order valence-corrected chi connectivity index (χ3v) is 7.23. The Hall–Kier alpha value is -2.92. The minimum absolute atomic E-state index is 0.0473. The second kappa shape index (κ2) is 8.31. The summed E-state index contributed by atoms with van der Waals surface area (Å²) in [5, 5.41) is 6.96. The van der Waals surface area contributed by atoms with Gasteiger partial charge in [-0.05, 0) is 38.8 Å². The highest BCUT2D eigenvalue weighted by molar-refractivity contribution is 7.89. The predicted octanol–water partition coefficient (Wildman–Crippen LogP) is 2.19. The first kappa shape index (κ1) is 21.3. The van der Waals surface area contributed by atoms with Crippen LogP contribution in [0.1, 0.15) is 39.2 Å². The fraction of sp³-hybridized carbons (Fsp3) is 0.450. The summed E-state index contributed by atoms with van der Waals surface area (Å²) < 4.78 is 35.2. The van der Waals surface area contributed by atoms with Crippen molar-refractivity contribution in [3.05, 3.63) is 41.0 Å². The summed E-state index contributed by atoms with van der Waals surface area (Å²) >= 11 is 0. The standard InChI is InChI=1S/C20H25N5O5S/c1-14(2)25-18(7-9-21-25)22-19(26)8-12-24-16-6-5-15(13-17(16)30-20(24)27)31(28,29)23-10-3-4-11-23/h5-7,9,13-14H,3-4,8,10-12H2,1-2H3,(H,22,26). The lowest BCUT2D eigenvalue weighted by atomic mass is 10.3. The van der Waals surface area contributed by atoms with E-state index < -0.39 is 15.8 Å². The average Bonchev–Trinajstić information content (AvgIpc) is 3.46. The number of carbonyl (C=O) groups is 1. The van der Waals surface area contributed by atoms with Crippen LogP contribution < -0.4 is 11.1 Å². The quantitative estimate of drug-likeness (QED) is 0.593. The SMILES string of the molecule is CC(C)n1nccc1NC(=O)CCn1c(=O)oc2cc(S(=O)(=O)N3CCCC3)ccc21. The van der Waals surface area contributed by atoms with Gasteiger partial charge in [0.05, 0.1) is 16.6 Å². The first-order valence-electron chi connectivity index (χ1n) is 10.2. The van der Waals surface area contributed by atoms with E-state index in [4.69, 9.17) is 4.42 Å². The highest BCUT2D eigenvalue weighted by Crippen LogP contribution is 2.24. The van der Waals surface area contributed by atoms with Crippen LogP contribution in [-0.2, 0) is 21.4 Å². The zero-order valence-electron chi connectivity index (χ0n) is 17.4. The van der Waals surface area contributed by atoms with E-state index in [1.807, 2.05) is 13.8 Å². The summed E-state index contributed by atoms with van der Waals surface area (Å²) in [7, 11) is -3.61. The van der Waals surface area contributed by atoms with Crippen LogP contribution in [0.4, 0.5) is 5.82 Å². The minimum Gasteiger partial charge on any atom is -0.408 e. The number of hydrogen-bond donors (Lipinski definition) is 1. The molecule has 1 aromatic carbocycles. The van der Waals surface area contributed by atoms with E-state index in [1.165, 1.54) is 21.0 Å². The van der Waals surface area contributed by atoms with Crippen LogP contribution >= 0.6 is 0 Å². The lowest BCUT2D eigenvalue weighted by molar-refractivity contribution is -0.116. The van der Waals surface area contributed by atoms with Crippen LogP contribution in [0, 0.1) is 0 Å². The number of carbonyl (C=O) groups excluding carboxylic acids is 1. The van der Waals surface area contributed by atoms with Gasteiger partial charge in [-0.1, -0.05) is 0 Å². The Bertz CT molecular complexity index is 1260. The van der Waals surface area contributed by atoms with Crippen LogP contribution in [0.2, 0.25) is 0 Å². The number of aromatic nitrogens is 3. The van der Waals surface area contributed by atoms with Crippen molar-refractivity contribution in [2.24, 2.45) is 0 Å². The molecule has 166 valence electrons. The monoisotopic (exact) mass is 447 g/mol. The highest BCUT2D eigenvalue weighted by atomic mass is 32.2. The van der Waals surface area contributed by atoms with E-state index >= 15 is 0 Å². The molecule has 1 N–H and O–H groups in total. The molecular weight excluding hydrogens is 422 g/mol. The van der Waals surface area contributed by atoms with Crippen LogP contribution in [-0.4, -0.2) is 46.1 Å². The summed E-state index contributed by atoms with van der Waals surface area (Å²) in [6, 6.07) is 6.20. The number of nitrogens with zero attached hydrogens (tertiary/aromatic N) is 4. The molecule has 3 heterocycles. The maximum Gasteiger partial charge on any atom is 0.419 e. The Balaban J connectivity index is 1.51. The second-order valence-corrected chi connectivity index (χ2v) is 9.75. The molecule has 2 aromatic heterocycles. The van der Waals surface area contributed by atoms with E-state index in [9.17, 15) is 18.0 Å². The van der Waals surface area contributed by atoms with E-state index in [2.05, 4.69) is 10.4 Å². The van der Waals surface area contributed by atoms with Crippen molar-refractivity contribution in [3.63, 3.8) is 0 Å². The molecule has 11 heteroatoms. The van der Waals surface area contributed by atoms with Crippen LogP contribution in [0.3, 0.4) is 0 Å². The molecule has 1 fully saturated rings. The molecule has 1 aliphatic rings. The number of rotatable bonds is 7. The number of aryl methyl sites for hydroxylation is 1. The van der Waals surface area contributed by atoms with Crippen LogP contribution in [0.5, 0.6) is 0 Å². The van der Waals surface area contributed by atoms with Gasteiger partial charge in [0.2, 0.25) is 15.9 Å². The molecule has 10 nitrogen and oxygen atoms in total. The Morgan fingerprint density at radius 2 is 1.97 bits per heavy atom. The number of oxazole rings is 1. The van der Waals surface area contributed by atoms with Gasteiger partial charge in [0.1, 0.15) is 5.82 Å². The van der Waals surface area contributed by atoms with E-state index in [1.54, 1.807) is 23.0 Å². The minimum atomic E-state index is -3.61. The second-order valence-electron chi connectivity index (χ2n) is 7.81. The molecule has 31 heavy (non-hydrogen) atoms. The third-order valence-electron chi connectivity index (χ3n) is 5.33. The van der Waals surface area contributed by atoms with Crippen molar-refractivity contribution in [1.82, 2.24) is 18.7 Å². The van der Waals surface area contributed by atoms with Gasteiger partial charge in [0.15, 0.2) is 5.58 Å². The molecule has 0 spiro atoms. The smallest absolute Gasteiger partial charge is 0.408 e. The number of benzene rings is 1. The first-order chi connectivity index (χ1) is 14.8. The number of amides is 1. The lowest BCUT2D eigenvalue weighted by Crippen LogP contribution is -2.27. The largest absolute Gasteiger partial charge is 0.419 e. The van der Waals surface area contributed by atoms with Gasteiger partial charge in [0, 0.05) is 44.2 Å². The fourth-order valence-electron chi connectivity index (χ4n) is 3.74. The molecule has 0 radical (unpaired) electrons. The zero-order chi connectivity index (χ0) is 22.2. The average molecular weight is 448 g/mol. The molecule has 0 aliphatic carbocycles. The van der Waals surface area contributed by atoms with Crippen molar-refractivity contribution in [1.29, 1.82) is 0 Å². The van der Waals surface area contributed by atoms with Crippen molar-refractivity contribution in [3.8, 4) is 0 Å². The Kier molecular flexibility index (Phi) is 5.71. The molecule has 0 unspecified atom stereocenters. The summed E-state index contributed by atoms with van der Waals surface area (Å²) in [6.45, 7) is 5.01. The van der Waals surface area contributed by atoms with Crippen molar-refractivity contribution >= 4 is 32.8 Å². The molecule has 4 rings (SSSR count). The number of anilines is 1. The molecule has 0 bridgehead atoms. The first-order valence-corrected chi connectivity index (χ1v) is 11.7. The van der Waals surface area contributed by atoms with E-state index in [-0.39, 0.29) is 35.4 Å². The Labute approximate surface area is 179 Å². The fourth-order valence-corrected chi connectivity index (χ4v) is 5.27. The van der Waals surface area contributed by atoms with Gasteiger partial charge in [-0.3, -0.25) is 9.36 Å². The highest BCUT2D eigenvalue weighted by Gasteiger charge is 2.28. The zero-order valence-corrected chi connectivity index (χ0v) is 18.3. The van der Waals surface area contributed by atoms with Gasteiger partial charge in [-0.2, -0.15) is 9.40 Å². The molecule has 1 aliphatic heterocycles. The molecule has 3 aromatic rings. The van der Waals surface area contributed by atoms with Crippen molar-refractivity contribution in [2.75, 3.05) is 18.4 Å². The van der Waals surface area contributed by atoms with Crippen LogP contribution in [0.25, 0.3) is 11.1 Å². The van der Waals surface area contributed by atoms with Gasteiger partial charge in [0.25, 0.3) is 0 Å². The summed E-state index contributed by atoms with van der Waals surface area (Å²) in [5.41, 5.74) is 0.633. The summed E-state index contributed by atoms with van der Waals surface area (Å²) in [5.74, 6) is -0.316. The third kappa shape index (κ3) is 4.15. The van der Waals surface area contributed by atoms with Crippen molar-refractivity contribution < 1.29 is 17.6 Å². The molecular formula is C20H25N5O5S. The van der Waals surface area contributed by atoms with Gasteiger partial charge in [-0.15, -0.1) is 0 Å². The maximum atomic E-state index is 12.8. The van der Waals surface area contributed by atoms with E-state index in [0.29, 0.717) is 24.4 Å². The Morgan fingerprint density at radius 3 is 2.68 bits per heavy atom. The number of fused-ring (bicyclic) bond motifs is 1. The van der Waals surface area contributed by atoms with Crippen molar-refractivity contribution in [2.45, 2.75) is 50.6 Å². The normalized spacial score (nSPS) is 15.2. The number of hydrogen-bond acceptors (Lipinski definition) is 6. The summed E-state index contributed by atoms with van der Waals surface area (Å²) in [4.78, 5) is 24.8. The van der Waals surface area contributed by atoms with Crippen LogP contribution in [0.15, 0.2) is 44.6 Å². The van der Waals surface area contributed by atoms with Gasteiger partial charge >= 0.3 is 5.76 Å². The maximum absolute atomic E-state index is 12.8. The number of nitrogens with one attached hydrogen (secondary N) is 1. The lowest BCUT2D eigenvalue weighted by Gasteiger charge is -2.15. The number of sulfonamides is 1. The molecule has 1 saturated heterocycles. The van der Waals surface area contributed by atoms with E-state index in [0.717, 1.165) is 12.8 Å². The predicted molar refractivity (Wildman–Crippen MR) is 114 cm³/mol. The molecule has 0 saturated carbocycles. The van der Waals surface area contributed by atoms with Gasteiger partial charge in [-0.25, -0.2) is 17.9 Å².